The number of carbonyl (C=O) groups excluding carboxylic acids is 1. The first-order valence-corrected chi connectivity index (χ1v) is 6.24. The molecule has 1 aromatic heterocycles. The molecule has 0 fully saturated rings. The maximum atomic E-state index is 11.5. The van der Waals surface area contributed by atoms with Crippen molar-refractivity contribution in [3.8, 4) is 11.4 Å². The second-order valence-corrected chi connectivity index (χ2v) is 4.81. The minimum absolute atomic E-state index is 0.0808. The summed E-state index contributed by atoms with van der Waals surface area (Å²) < 4.78 is 0. The van der Waals surface area contributed by atoms with Crippen molar-refractivity contribution in [3.05, 3.63) is 29.8 Å². The molecule has 0 saturated carbocycles. The van der Waals surface area contributed by atoms with Crippen LogP contribution in [0.5, 0.6) is 0 Å². The number of aromatic nitrogens is 4. The predicted octanol–water partition coefficient (Wildman–Crippen LogP) is 1.53. The molecule has 6 heteroatoms. The number of rotatable bonds is 5. The molecule has 6 nitrogen and oxygen atoms in total. The third kappa shape index (κ3) is 3.87. The van der Waals surface area contributed by atoms with Crippen molar-refractivity contribution in [1.82, 2.24) is 25.9 Å². The predicted molar refractivity (Wildman–Crippen MR) is 70.9 cm³/mol. The van der Waals surface area contributed by atoms with Crippen LogP contribution in [0.25, 0.3) is 11.4 Å². The van der Waals surface area contributed by atoms with Crippen LogP contribution in [0.2, 0.25) is 0 Å². The van der Waals surface area contributed by atoms with Crippen LogP contribution in [0.4, 0.5) is 0 Å². The average Bonchev–Trinajstić information content (AvgIpc) is 2.90. The molecule has 0 radical (unpaired) electrons. The fourth-order valence-corrected chi connectivity index (χ4v) is 1.70. The van der Waals surface area contributed by atoms with Crippen LogP contribution in [0.3, 0.4) is 0 Å². The van der Waals surface area contributed by atoms with E-state index >= 15 is 0 Å². The molecule has 2 N–H and O–H groups in total. The molecular formula is C13H17N5O. The molecule has 0 aliphatic rings. The van der Waals surface area contributed by atoms with Crippen LogP contribution < -0.4 is 5.32 Å². The van der Waals surface area contributed by atoms with Crippen molar-refractivity contribution >= 4 is 5.91 Å². The van der Waals surface area contributed by atoms with E-state index in [1.807, 2.05) is 38.1 Å². The fraction of sp³-hybridized carbons (Fsp3) is 0.385. The van der Waals surface area contributed by atoms with Gasteiger partial charge in [0.2, 0.25) is 11.7 Å². The Bertz CT molecular complexity index is 518. The summed E-state index contributed by atoms with van der Waals surface area (Å²) in [7, 11) is 0. The minimum atomic E-state index is 0.0808. The van der Waals surface area contributed by atoms with Crippen LogP contribution in [-0.4, -0.2) is 26.5 Å². The molecule has 100 valence electrons. The van der Waals surface area contributed by atoms with E-state index in [9.17, 15) is 4.79 Å². The Labute approximate surface area is 111 Å². The molecule has 0 unspecified atom stereocenters. The van der Waals surface area contributed by atoms with Gasteiger partial charge < -0.3 is 5.32 Å². The molecule has 2 aromatic rings. The van der Waals surface area contributed by atoms with Crippen molar-refractivity contribution < 1.29 is 4.79 Å². The number of benzene rings is 1. The van der Waals surface area contributed by atoms with Gasteiger partial charge in [0.25, 0.3) is 0 Å². The highest BCUT2D eigenvalue weighted by Gasteiger charge is 2.05. The summed E-state index contributed by atoms with van der Waals surface area (Å²) >= 11 is 0. The summed E-state index contributed by atoms with van der Waals surface area (Å²) in [5, 5.41) is 16.6. The largest absolute Gasteiger partial charge is 0.352 e. The fourth-order valence-electron chi connectivity index (χ4n) is 1.70. The first-order valence-electron chi connectivity index (χ1n) is 6.24. The van der Waals surface area contributed by atoms with Gasteiger partial charge in [-0.3, -0.25) is 4.79 Å². The Morgan fingerprint density at radius 1 is 1.32 bits per heavy atom. The summed E-state index contributed by atoms with van der Waals surface area (Å²) in [5.41, 5.74) is 1.94. The number of H-pyrrole nitrogens is 1. The van der Waals surface area contributed by atoms with Gasteiger partial charge in [-0.05, 0) is 16.7 Å². The highest BCUT2D eigenvalue weighted by molar-refractivity contribution is 5.76. The molecule has 0 atom stereocenters. The second kappa shape index (κ2) is 6.08. The molecule has 0 spiro atoms. The lowest BCUT2D eigenvalue weighted by molar-refractivity contribution is -0.121. The van der Waals surface area contributed by atoms with E-state index in [4.69, 9.17) is 0 Å². The van der Waals surface area contributed by atoms with Crippen LogP contribution in [0.15, 0.2) is 24.3 Å². The summed E-state index contributed by atoms with van der Waals surface area (Å²) in [6, 6.07) is 7.71. The summed E-state index contributed by atoms with van der Waals surface area (Å²) in [6.45, 7) is 4.59. The van der Waals surface area contributed by atoms with Crippen LogP contribution in [0, 0.1) is 5.92 Å². The summed E-state index contributed by atoms with van der Waals surface area (Å²) in [6.07, 6.45) is 0.556. The van der Waals surface area contributed by atoms with Crippen molar-refractivity contribution in [1.29, 1.82) is 0 Å². The molecule has 1 heterocycles. The monoisotopic (exact) mass is 259 g/mol. The van der Waals surface area contributed by atoms with E-state index < -0.39 is 0 Å². The van der Waals surface area contributed by atoms with Gasteiger partial charge in [0.1, 0.15) is 0 Å². The Morgan fingerprint density at radius 2 is 2.05 bits per heavy atom. The molecule has 0 aliphatic carbocycles. The van der Waals surface area contributed by atoms with Crippen LogP contribution >= 0.6 is 0 Å². The first kappa shape index (κ1) is 13.2. The zero-order valence-corrected chi connectivity index (χ0v) is 11.1. The Balaban J connectivity index is 1.91. The number of amides is 1. The maximum Gasteiger partial charge on any atom is 0.220 e. The zero-order chi connectivity index (χ0) is 13.7. The van der Waals surface area contributed by atoms with E-state index in [0.29, 0.717) is 24.7 Å². The zero-order valence-electron chi connectivity index (χ0n) is 11.1. The number of nitrogens with zero attached hydrogens (tertiary/aromatic N) is 3. The Hall–Kier alpha value is -2.24. The molecule has 1 aromatic carbocycles. The Kier molecular flexibility index (Phi) is 4.22. The number of carbonyl (C=O) groups is 1. The second-order valence-electron chi connectivity index (χ2n) is 4.81. The number of nitrogens with one attached hydrogen (secondary N) is 2. The van der Waals surface area contributed by atoms with Crippen LogP contribution in [-0.2, 0) is 11.3 Å². The van der Waals surface area contributed by atoms with Crippen molar-refractivity contribution in [2.24, 2.45) is 5.92 Å². The quantitative estimate of drug-likeness (QED) is 0.853. The molecule has 1 amide bonds. The van der Waals surface area contributed by atoms with Gasteiger partial charge in [0.05, 0.1) is 0 Å². The van der Waals surface area contributed by atoms with E-state index in [0.717, 1.165) is 11.1 Å². The number of tetrazole rings is 1. The molecule has 0 aliphatic heterocycles. The van der Waals surface area contributed by atoms with Gasteiger partial charge in [0, 0.05) is 18.5 Å². The molecule has 19 heavy (non-hydrogen) atoms. The molecule has 0 saturated heterocycles. The normalized spacial score (nSPS) is 10.7. The average molecular weight is 259 g/mol. The topological polar surface area (TPSA) is 83.6 Å². The van der Waals surface area contributed by atoms with Gasteiger partial charge in [-0.15, -0.1) is 10.2 Å². The lowest BCUT2D eigenvalue weighted by Crippen LogP contribution is -2.23. The highest BCUT2D eigenvalue weighted by atomic mass is 16.1. The number of hydrogen-bond acceptors (Lipinski definition) is 4. The smallest absolute Gasteiger partial charge is 0.220 e. The van der Waals surface area contributed by atoms with Gasteiger partial charge in [-0.1, -0.05) is 38.1 Å². The van der Waals surface area contributed by atoms with E-state index in [2.05, 4.69) is 25.9 Å². The lowest BCUT2D eigenvalue weighted by Gasteiger charge is -2.07. The van der Waals surface area contributed by atoms with E-state index in [-0.39, 0.29) is 5.91 Å². The third-order valence-electron chi connectivity index (χ3n) is 2.64. The Morgan fingerprint density at radius 3 is 2.63 bits per heavy atom. The lowest BCUT2D eigenvalue weighted by atomic mass is 10.1. The minimum Gasteiger partial charge on any atom is -0.352 e. The third-order valence-corrected chi connectivity index (χ3v) is 2.64. The van der Waals surface area contributed by atoms with E-state index in [1.54, 1.807) is 0 Å². The van der Waals surface area contributed by atoms with Gasteiger partial charge in [-0.25, -0.2) is 0 Å². The molecule has 0 bridgehead atoms. The van der Waals surface area contributed by atoms with Crippen LogP contribution in [0.1, 0.15) is 25.8 Å². The molecular weight excluding hydrogens is 242 g/mol. The number of hydrogen-bond donors (Lipinski definition) is 2. The number of aromatic amines is 1. The highest BCUT2D eigenvalue weighted by Crippen LogP contribution is 2.13. The van der Waals surface area contributed by atoms with E-state index in [1.165, 1.54) is 0 Å². The van der Waals surface area contributed by atoms with Crippen molar-refractivity contribution in [2.45, 2.75) is 26.8 Å². The summed E-state index contributed by atoms with van der Waals surface area (Å²) in [4.78, 5) is 11.5. The first-order chi connectivity index (χ1) is 9.15. The van der Waals surface area contributed by atoms with Crippen molar-refractivity contribution in [2.75, 3.05) is 0 Å². The molecule has 2 rings (SSSR count). The van der Waals surface area contributed by atoms with Gasteiger partial charge in [0.15, 0.2) is 0 Å². The van der Waals surface area contributed by atoms with Gasteiger partial charge in [-0.2, -0.15) is 5.21 Å². The van der Waals surface area contributed by atoms with Gasteiger partial charge >= 0.3 is 0 Å². The SMILES string of the molecule is CC(C)CC(=O)NCc1ccc(-c2nn[nH]n2)cc1. The summed E-state index contributed by atoms with van der Waals surface area (Å²) in [5.74, 6) is 1.02. The standard InChI is InChI=1S/C13H17N5O/c1-9(2)7-12(19)14-8-10-3-5-11(6-4-10)13-15-17-18-16-13/h3-6,9H,7-8H2,1-2H3,(H,14,19)(H,15,16,17,18). The maximum absolute atomic E-state index is 11.5. The van der Waals surface area contributed by atoms with Crippen molar-refractivity contribution in [3.63, 3.8) is 0 Å².